The molecule has 0 aliphatic carbocycles. The first-order valence-electron chi connectivity index (χ1n) is 7.55. The van der Waals surface area contributed by atoms with Crippen molar-refractivity contribution in [3.05, 3.63) is 29.8 Å². The molecule has 2 aliphatic heterocycles. The molecular formula is C16H22N2O2. The lowest BCUT2D eigenvalue weighted by atomic mass is 9.89. The van der Waals surface area contributed by atoms with E-state index in [2.05, 4.69) is 5.32 Å². The summed E-state index contributed by atoms with van der Waals surface area (Å²) in [6, 6.07) is 7.83. The van der Waals surface area contributed by atoms with Crippen molar-refractivity contribution in [3.8, 4) is 0 Å². The second-order valence-corrected chi connectivity index (χ2v) is 5.79. The van der Waals surface area contributed by atoms with Crippen molar-refractivity contribution >= 4 is 11.6 Å². The molecule has 0 radical (unpaired) electrons. The van der Waals surface area contributed by atoms with Crippen LogP contribution in [0.25, 0.3) is 0 Å². The molecule has 2 unspecified atom stereocenters. The minimum absolute atomic E-state index is 0.203. The maximum Gasteiger partial charge on any atom is 0.227 e. The van der Waals surface area contributed by atoms with Crippen LogP contribution in [0.1, 0.15) is 37.4 Å². The minimum Gasteiger partial charge on any atom is -0.388 e. The number of aliphatic hydroxyl groups is 1. The zero-order valence-corrected chi connectivity index (χ0v) is 11.7. The minimum atomic E-state index is -0.411. The summed E-state index contributed by atoms with van der Waals surface area (Å²) < 4.78 is 0. The van der Waals surface area contributed by atoms with Crippen molar-refractivity contribution in [1.82, 2.24) is 5.32 Å². The van der Waals surface area contributed by atoms with Crippen molar-refractivity contribution in [1.29, 1.82) is 0 Å². The van der Waals surface area contributed by atoms with Gasteiger partial charge in [-0.1, -0.05) is 12.1 Å². The number of nitrogens with zero attached hydrogens (tertiary/aromatic N) is 1. The molecule has 2 atom stereocenters. The molecule has 2 heterocycles. The standard InChI is InChI=1S/C16H22N2O2/c19-15-4-2-10-18(15)14-7-5-12(6-8-14)16(20)13-3-1-9-17-11-13/h5-8,13,16-17,20H,1-4,9-11H2. The predicted octanol–water partition coefficient (Wildman–Crippen LogP) is 1.85. The summed E-state index contributed by atoms with van der Waals surface area (Å²) in [7, 11) is 0. The van der Waals surface area contributed by atoms with Crippen molar-refractivity contribution in [2.75, 3.05) is 24.5 Å². The second kappa shape index (κ2) is 5.94. The molecular weight excluding hydrogens is 252 g/mol. The number of carbonyl (C=O) groups excluding carboxylic acids is 1. The fourth-order valence-electron chi connectivity index (χ4n) is 3.19. The van der Waals surface area contributed by atoms with Gasteiger partial charge >= 0.3 is 0 Å². The molecule has 1 aromatic carbocycles. The van der Waals surface area contributed by atoms with E-state index in [9.17, 15) is 9.90 Å². The van der Waals surface area contributed by atoms with Crippen LogP contribution >= 0.6 is 0 Å². The number of hydrogen-bond acceptors (Lipinski definition) is 3. The van der Waals surface area contributed by atoms with Gasteiger partial charge in [-0.2, -0.15) is 0 Å². The van der Waals surface area contributed by atoms with Gasteiger partial charge in [0, 0.05) is 31.1 Å². The molecule has 0 bridgehead atoms. The molecule has 1 amide bonds. The Morgan fingerprint density at radius 3 is 2.65 bits per heavy atom. The molecule has 1 aromatic rings. The third kappa shape index (κ3) is 2.72. The molecule has 3 rings (SSSR count). The first-order chi connectivity index (χ1) is 9.75. The lowest BCUT2D eigenvalue weighted by Gasteiger charge is -2.28. The van der Waals surface area contributed by atoms with E-state index in [-0.39, 0.29) is 5.91 Å². The fraction of sp³-hybridized carbons (Fsp3) is 0.562. The molecule has 0 spiro atoms. The van der Waals surface area contributed by atoms with Crippen molar-refractivity contribution < 1.29 is 9.90 Å². The molecule has 4 heteroatoms. The summed E-state index contributed by atoms with van der Waals surface area (Å²) in [5.74, 6) is 0.498. The van der Waals surface area contributed by atoms with Crippen LogP contribution < -0.4 is 10.2 Å². The number of amides is 1. The topological polar surface area (TPSA) is 52.6 Å². The van der Waals surface area contributed by atoms with Crippen LogP contribution in [0.15, 0.2) is 24.3 Å². The van der Waals surface area contributed by atoms with Crippen LogP contribution in [-0.4, -0.2) is 30.6 Å². The number of benzene rings is 1. The van der Waals surface area contributed by atoms with E-state index in [0.29, 0.717) is 12.3 Å². The zero-order valence-electron chi connectivity index (χ0n) is 11.7. The SMILES string of the molecule is O=C1CCCN1c1ccc(C(O)C2CCCNC2)cc1. The van der Waals surface area contributed by atoms with E-state index < -0.39 is 6.10 Å². The van der Waals surface area contributed by atoms with Gasteiger partial charge in [0.15, 0.2) is 0 Å². The summed E-state index contributed by atoms with van der Waals surface area (Å²) in [5.41, 5.74) is 1.90. The Morgan fingerprint density at radius 1 is 1.25 bits per heavy atom. The fourth-order valence-corrected chi connectivity index (χ4v) is 3.19. The normalized spacial score (nSPS) is 24.9. The summed E-state index contributed by atoms with van der Waals surface area (Å²) in [4.78, 5) is 13.5. The van der Waals surface area contributed by atoms with E-state index in [4.69, 9.17) is 0 Å². The van der Waals surface area contributed by atoms with E-state index in [1.807, 2.05) is 29.2 Å². The first kappa shape index (κ1) is 13.6. The number of anilines is 1. The Labute approximate surface area is 119 Å². The number of nitrogens with one attached hydrogen (secondary N) is 1. The third-order valence-electron chi connectivity index (χ3n) is 4.40. The van der Waals surface area contributed by atoms with E-state index in [1.54, 1.807) is 0 Å². The molecule has 20 heavy (non-hydrogen) atoms. The van der Waals surface area contributed by atoms with Crippen LogP contribution in [0.2, 0.25) is 0 Å². The lowest BCUT2D eigenvalue weighted by molar-refractivity contribution is -0.117. The van der Waals surface area contributed by atoms with Gasteiger partial charge in [-0.3, -0.25) is 4.79 Å². The monoisotopic (exact) mass is 274 g/mol. The Morgan fingerprint density at radius 2 is 2.05 bits per heavy atom. The highest BCUT2D eigenvalue weighted by molar-refractivity contribution is 5.95. The highest BCUT2D eigenvalue weighted by Gasteiger charge is 2.24. The Balaban J connectivity index is 1.70. The van der Waals surface area contributed by atoms with Crippen molar-refractivity contribution in [2.45, 2.75) is 31.8 Å². The van der Waals surface area contributed by atoms with Gasteiger partial charge in [0.25, 0.3) is 0 Å². The molecule has 2 fully saturated rings. The smallest absolute Gasteiger partial charge is 0.227 e. The van der Waals surface area contributed by atoms with E-state index >= 15 is 0 Å². The van der Waals surface area contributed by atoms with Crippen LogP contribution in [0.4, 0.5) is 5.69 Å². The van der Waals surface area contributed by atoms with E-state index in [0.717, 1.165) is 50.1 Å². The summed E-state index contributed by atoms with van der Waals surface area (Å²) in [6.45, 7) is 2.75. The lowest BCUT2D eigenvalue weighted by Crippen LogP contribution is -2.33. The Hall–Kier alpha value is -1.39. The number of rotatable bonds is 3. The summed E-state index contributed by atoms with van der Waals surface area (Å²) >= 11 is 0. The average molecular weight is 274 g/mol. The van der Waals surface area contributed by atoms with Crippen LogP contribution in [0, 0.1) is 5.92 Å². The number of aliphatic hydroxyl groups excluding tert-OH is 1. The molecule has 2 N–H and O–H groups in total. The number of carbonyl (C=O) groups is 1. The molecule has 2 aliphatic rings. The molecule has 0 aromatic heterocycles. The highest BCUT2D eigenvalue weighted by atomic mass is 16.3. The van der Waals surface area contributed by atoms with Crippen LogP contribution in [-0.2, 0) is 4.79 Å². The summed E-state index contributed by atoms with van der Waals surface area (Å²) in [6.07, 6.45) is 3.38. The average Bonchev–Trinajstić information content (AvgIpc) is 2.94. The quantitative estimate of drug-likeness (QED) is 0.884. The molecule has 0 saturated carbocycles. The Kier molecular flexibility index (Phi) is 4.03. The first-order valence-corrected chi connectivity index (χ1v) is 7.55. The highest BCUT2D eigenvalue weighted by Crippen LogP contribution is 2.29. The zero-order chi connectivity index (χ0) is 13.9. The van der Waals surface area contributed by atoms with Gasteiger partial charge in [0.1, 0.15) is 0 Å². The van der Waals surface area contributed by atoms with Gasteiger partial charge in [-0.15, -0.1) is 0 Å². The summed E-state index contributed by atoms with van der Waals surface area (Å²) in [5, 5.41) is 13.8. The molecule has 108 valence electrons. The predicted molar refractivity (Wildman–Crippen MR) is 78.6 cm³/mol. The van der Waals surface area contributed by atoms with Gasteiger partial charge in [-0.25, -0.2) is 0 Å². The number of piperidine rings is 1. The van der Waals surface area contributed by atoms with Gasteiger partial charge in [0.05, 0.1) is 6.10 Å². The van der Waals surface area contributed by atoms with Crippen molar-refractivity contribution in [3.63, 3.8) is 0 Å². The maximum atomic E-state index is 11.7. The van der Waals surface area contributed by atoms with Crippen molar-refractivity contribution in [2.24, 2.45) is 5.92 Å². The maximum absolute atomic E-state index is 11.7. The third-order valence-corrected chi connectivity index (χ3v) is 4.40. The molecule has 2 saturated heterocycles. The molecule has 4 nitrogen and oxygen atoms in total. The van der Waals surface area contributed by atoms with Gasteiger partial charge in [0.2, 0.25) is 5.91 Å². The largest absolute Gasteiger partial charge is 0.388 e. The number of hydrogen-bond donors (Lipinski definition) is 2. The second-order valence-electron chi connectivity index (χ2n) is 5.79. The van der Waals surface area contributed by atoms with Gasteiger partial charge < -0.3 is 15.3 Å². The van der Waals surface area contributed by atoms with E-state index in [1.165, 1.54) is 0 Å². The van der Waals surface area contributed by atoms with Gasteiger partial charge in [-0.05, 0) is 43.5 Å². The Bertz CT molecular complexity index is 466. The van der Waals surface area contributed by atoms with Crippen LogP contribution in [0.5, 0.6) is 0 Å². The van der Waals surface area contributed by atoms with Crippen LogP contribution in [0.3, 0.4) is 0 Å².